The van der Waals surface area contributed by atoms with Crippen molar-refractivity contribution in [1.29, 1.82) is 0 Å². The summed E-state index contributed by atoms with van der Waals surface area (Å²) >= 11 is 1.28. The van der Waals surface area contributed by atoms with Gasteiger partial charge < -0.3 is 10.8 Å². The summed E-state index contributed by atoms with van der Waals surface area (Å²) in [5, 5.41) is 12.5. The van der Waals surface area contributed by atoms with E-state index in [9.17, 15) is 9.90 Å². The van der Waals surface area contributed by atoms with E-state index in [4.69, 9.17) is 5.73 Å². The molecule has 0 radical (unpaired) electrons. The Labute approximate surface area is 120 Å². The molecule has 2 aromatic rings. The first-order chi connectivity index (χ1) is 9.60. The summed E-state index contributed by atoms with van der Waals surface area (Å²) < 4.78 is 0. The number of carbonyl (C=O) groups is 1. The third kappa shape index (κ3) is 3.35. The number of nitrogens with zero attached hydrogens (tertiary/aromatic N) is 1. The van der Waals surface area contributed by atoms with Gasteiger partial charge in [-0.25, -0.2) is 4.98 Å². The maximum atomic E-state index is 12.1. The number of amides is 1. The molecule has 4 N–H and O–H groups in total. The van der Waals surface area contributed by atoms with Crippen molar-refractivity contribution in [1.82, 2.24) is 4.98 Å². The van der Waals surface area contributed by atoms with Crippen molar-refractivity contribution in [3.8, 4) is 17.6 Å². The molecule has 1 aromatic carbocycles. The van der Waals surface area contributed by atoms with E-state index in [1.807, 2.05) is 0 Å². The number of aromatic nitrogens is 1. The molecule has 0 aliphatic carbocycles. The van der Waals surface area contributed by atoms with Crippen LogP contribution in [0.5, 0.6) is 5.75 Å². The monoisotopic (exact) mass is 287 g/mol. The van der Waals surface area contributed by atoms with Crippen LogP contribution in [-0.4, -0.2) is 22.5 Å². The number of aromatic hydroxyl groups is 1. The fraction of sp³-hybridized carbons (Fsp3) is 0.143. The second-order valence-electron chi connectivity index (χ2n) is 3.99. The van der Waals surface area contributed by atoms with Gasteiger partial charge in [0.05, 0.1) is 17.6 Å². The zero-order chi connectivity index (χ0) is 14.5. The van der Waals surface area contributed by atoms with Gasteiger partial charge in [-0.2, -0.15) is 0 Å². The third-order valence-electron chi connectivity index (χ3n) is 2.49. The highest BCUT2D eigenvalue weighted by Crippen LogP contribution is 2.20. The lowest BCUT2D eigenvalue weighted by Crippen LogP contribution is -2.12. The van der Waals surface area contributed by atoms with Gasteiger partial charge in [-0.05, 0) is 30.7 Å². The number of phenols is 1. The van der Waals surface area contributed by atoms with Crippen LogP contribution in [0.25, 0.3) is 0 Å². The van der Waals surface area contributed by atoms with E-state index < -0.39 is 0 Å². The minimum atomic E-state index is -0.268. The van der Waals surface area contributed by atoms with E-state index in [0.717, 1.165) is 4.88 Å². The lowest BCUT2D eigenvalue weighted by Gasteiger charge is -2.05. The summed E-state index contributed by atoms with van der Waals surface area (Å²) in [7, 11) is 0. The number of thiazole rings is 1. The molecule has 6 heteroatoms. The number of carbonyl (C=O) groups excluding carboxylic acids is 1. The lowest BCUT2D eigenvalue weighted by molar-refractivity contribution is 0.102. The normalized spacial score (nSPS) is 9.70. The van der Waals surface area contributed by atoms with Crippen LogP contribution in [0, 0.1) is 18.8 Å². The minimum Gasteiger partial charge on any atom is -0.508 e. The molecule has 1 heterocycles. The smallest absolute Gasteiger partial charge is 0.257 e. The fourth-order valence-corrected chi connectivity index (χ4v) is 2.28. The Balaban J connectivity index is 2.13. The number of hydrogen-bond acceptors (Lipinski definition) is 5. The third-order valence-corrected chi connectivity index (χ3v) is 3.32. The SMILES string of the molecule is Cc1cc(O)ccc1C(=O)Nc1ncc(C#CCN)s1. The van der Waals surface area contributed by atoms with Gasteiger partial charge in [-0.3, -0.25) is 10.1 Å². The maximum Gasteiger partial charge on any atom is 0.257 e. The molecule has 1 aromatic heterocycles. The predicted octanol–water partition coefficient (Wildman–Crippen LogP) is 1.72. The summed E-state index contributed by atoms with van der Waals surface area (Å²) in [5.74, 6) is 5.44. The van der Waals surface area contributed by atoms with Crippen molar-refractivity contribution in [2.24, 2.45) is 5.73 Å². The Morgan fingerprint density at radius 1 is 1.55 bits per heavy atom. The predicted molar refractivity (Wildman–Crippen MR) is 78.8 cm³/mol. The number of nitrogens with two attached hydrogens (primary N) is 1. The van der Waals surface area contributed by atoms with Crippen LogP contribution in [0.2, 0.25) is 0 Å². The second-order valence-corrected chi connectivity index (χ2v) is 5.02. The largest absolute Gasteiger partial charge is 0.508 e. The lowest BCUT2D eigenvalue weighted by atomic mass is 10.1. The van der Waals surface area contributed by atoms with Crippen molar-refractivity contribution in [3.63, 3.8) is 0 Å². The van der Waals surface area contributed by atoms with Crippen LogP contribution in [0.15, 0.2) is 24.4 Å². The molecule has 0 spiro atoms. The second kappa shape index (κ2) is 6.19. The van der Waals surface area contributed by atoms with E-state index in [1.165, 1.54) is 23.5 Å². The van der Waals surface area contributed by atoms with Crippen LogP contribution < -0.4 is 11.1 Å². The molecule has 1 amide bonds. The average Bonchev–Trinajstić information content (AvgIpc) is 2.83. The van der Waals surface area contributed by atoms with Crippen molar-refractivity contribution in [3.05, 3.63) is 40.4 Å². The van der Waals surface area contributed by atoms with E-state index >= 15 is 0 Å². The van der Waals surface area contributed by atoms with E-state index in [-0.39, 0.29) is 18.2 Å². The molecule has 5 nitrogen and oxygen atoms in total. The molecule has 0 bridgehead atoms. The van der Waals surface area contributed by atoms with Gasteiger partial charge in [0.15, 0.2) is 5.13 Å². The van der Waals surface area contributed by atoms with Crippen molar-refractivity contribution in [2.75, 3.05) is 11.9 Å². The van der Waals surface area contributed by atoms with Crippen LogP contribution >= 0.6 is 11.3 Å². The Hall–Kier alpha value is -2.36. The number of anilines is 1. The first kappa shape index (κ1) is 14.1. The number of nitrogens with one attached hydrogen (secondary N) is 1. The minimum absolute atomic E-state index is 0.132. The highest BCUT2D eigenvalue weighted by atomic mass is 32.1. The number of hydrogen-bond donors (Lipinski definition) is 3. The van der Waals surface area contributed by atoms with E-state index in [2.05, 4.69) is 22.1 Å². The molecule has 0 aliphatic heterocycles. The molecule has 2 rings (SSSR count). The highest BCUT2D eigenvalue weighted by molar-refractivity contribution is 7.16. The zero-order valence-corrected chi connectivity index (χ0v) is 11.6. The molecule has 0 fully saturated rings. The van der Waals surface area contributed by atoms with E-state index in [1.54, 1.807) is 19.2 Å². The van der Waals surface area contributed by atoms with Gasteiger partial charge >= 0.3 is 0 Å². The number of phenolic OH excluding ortho intramolecular Hbond substituents is 1. The zero-order valence-electron chi connectivity index (χ0n) is 10.8. The molecule has 0 atom stereocenters. The van der Waals surface area contributed by atoms with Crippen molar-refractivity contribution in [2.45, 2.75) is 6.92 Å². The molecular formula is C14H13N3O2S. The molecule has 102 valence electrons. The Morgan fingerprint density at radius 3 is 3.05 bits per heavy atom. The summed E-state index contributed by atoms with van der Waals surface area (Å²) in [6.07, 6.45) is 1.59. The van der Waals surface area contributed by atoms with E-state index in [0.29, 0.717) is 16.3 Å². The quantitative estimate of drug-likeness (QED) is 0.734. The molecule has 0 saturated heterocycles. The van der Waals surface area contributed by atoms with Gasteiger partial charge in [0.25, 0.3) is 5.91 Å². The Bertz CT molecular complexity index is 698. The molecule has 20 heavy (non-hydrogen) atoms. The summed E-state index contributed by atoms with van der Waals surface area (Å²) in [4.78, 5) is 16.9. The standard InChI is InChI=1S/C14H13N3O2S/c1-9-7-10(18)4-5-12(9)13(19)17-14-16-8-11(20-14)3-2-6-15/h4-5,7-8,18H,6,15H2,1H3,(H,16,17,19). The van der Waals surface area contributed by atoms with Crippen molar-refractivity contribution < 1.29 is 9.90 Å². The summed E-state index contributed by atoms with van der Waals surface area (Å²) in [5.41, 5.74) is 6.48. The van der Waals surface area contributed by atoms with Crippen LogP contribution in [0.1, 0.15) is 20.8 Å². The Morgan fingerprint density at radius 2 is 2.35 bits per heavy atom. The number of benzene rings is 1. The number of rotatable bonds is 2. The molecular weight excluding hydrogens is 274 g/mol. The van der Waals surface area contributed by atoms with Crippen LogP contribution in [0.3, 0.4) is 0 Å². The Kier molecular flexibility index (Phi) is 4.35. The van der Waals surface area contributed by atoms with Crippen LogP contribution in [-0.2, 0) is 0 Å². The molecule has 0 saturated carbocycles. The topological polar surface area (TPSA) is 88.2 Å². The molecule has 0 unspecified atom stereocenters. The first-order valence-corrected chi connectivity index (χ1v) is 6.67. The van der Waals surface area contributed by atoms with Gasteiger partial charge in [0.1, 0.15) is 5.75 Å². The number of aryl methyl sites for hydroxylation is 1. The van der Waals surface area contributed by atoms with Gasteiger partial charge in [0.2, 0.25) is 0 Å². The first-order valence-electron chi connectivity index (χ1n) is 5.86. The fourth-order valence-electron chi connectivity index (χ4n) is 1.59. The maximum absolute atomic E-state index is 12.1. The van der Waals surface area contributed by atoms with Gasteiger partial charge in [-0.15, -0.1) is 0 Å². The van der Waals surface area contributed by atoms with Crippen molar-refractivity contribution >= 4 is 22.4 Å². The summed E-state index contributed by atoms with van der Waals surface area (Å²) in [6, 6.07) is 4.58. The van der Waals surface area contributed by atoms with Crippen LogP contribution in [0.4, 0.5) is 5.13 Å². The highest BCUT2D eigenvalue weighted by Gasteiger charge is 2.11. The van der Waals surface area contributed by atoms with Gasteiger partial charge in [0, 0.05) is 5.56 Å². The average molecular weight is 287 g/mol. The van der Waals surface area contributed by atoms with Gasteiger partial charge in [-0.1, -0.05) is 23.2 Å². The summed E-state index contributed by atoms with van der Waals surface area (Å²) in [6.45, 7) is 2.04. The molecule has 0 aliphatic rings.